The minimum Gasteiger partial charge on any atom is -0.151 e. The maximum atomic E-state index is 2.30. The average Bonchev–Trinajstić information content (AvgIpc) is 3.31. The van der Waals surface area contributed by atoms with Crippen molar-refractivity contribution in [3.63, 3.8) is 0 Å². The summed E-state index contributed by atoms with van der Waals surface area (Å²) in [7, 11) is 0. The summed E-state index contributed by atoms with van der Waals surface area (Å²) < 4.78 is 0. The average molecular weight is 284 g/mol. The van der Waals surface area contributed by atoms with E-state index in [9.17, 15) is 0 Å². The lowest BCUT2D eigenvalue weighted by atomic mass is 10.0. The zero-order valence-corrected chi connectivity index (χ0v) is 12.3. The van der Waals surface area contributed by atoms with Gasteiger partial charge < -0.3 is 0 Å². The number of rotatable bonds is 4. The number of thioether (sulfide) groups is 2. The standard InChI is InChI=1S/C17H16S2/c1-5-14(16-10-18-16)6-2-12(1)9-13-3-7-15(8-4-13)17-11-19-17/h1-8,16-17H,9-11H2. The van der Waals surface area contributed by atoms with Gasteiger partial charge in [-0.15, -0.1) is 0 Å². The van der Waals surface area contributed by atoms with Crippen LogP contribution in [0, 0.1) is 0 Å². The summed E-state index contributed by atoms with van der Waals surface area (Å²) >= 11 is 4.08. The molecule has 2 atom stereocenters. The van der Waals surface area contributed by atoms with Crippen LogP contribution in [0.3, 0.4) is 0 Å². The van der Waals surface area contributed by atoms with Crippen molar-refractivity contribution in [1.82, 2.24) is 0 Å². The summed E-state index contributed by atoms with van der Waals surface area (Å²) in [6, 6.07) is 18.4. The highest BCUT2D eigenvalue weighted by atomic mass is 32.2. The van der Waals surface area contributed by atoms with Crippen molar-refractivity contribution in [3.05, 3.63) is 70.8 Å². The quantitative estimate of drug-likeness (QED) is 0.736. The van der Waals surface area contributed by atoms with Crippen molar-refractivity contribution < 1.29 is 0 Å². The second-order valence-electron chi connectivity index (χ2n) is 5.30. The molecular formula is C17H16S2. The molecule has 0 aliphatic carbocycles. The van der Waals surface area contributed by atoms with Gasteiger partial charge in [-0.1, -0.05) is 48.5 Å². The van der Waals surface area contributed by atoms with Gasteiger partial charge in [-0.2, -0.15) is 23.5 Å². The SMILES string of the molecule is c1cc(C2CS2)ccc1Cc1ccc(C2CS2)cc1. The third-order valence-electron chi connectivity index (χ3n) is 3.78. The van der Waals surface area contributed by atoms with E-state index in [1.807, 2.05) is 23.5 Å². The molecule has 2 aliphatic heterocycles. The van der Waals surface area contributed by atoms with Crippen molar-refractivity contribution in [2.75, 3.05) is 11.5 Å². The van der Waals surface area contributed by atoms with Crippen LogP contribution in [0.1, 0.15) is 32.8 Å². The summed E-state index contributed by atoms with van der Waals surface area (Å²) in [4.78, 5) is 0. The van der Waals surface area contributed by atoms with Crippen LogP contribution in [-0.4, -0.2) is 11.5 Å². The molecule has 19 heavy (non-hydrogen) atoms. The number of hydrogen-bond donors (Lipinski definition) is 0. The Labute approximate surface area is 123 Å². The molecule has 2 heteroatoms. The Morgan fingerprint density at radius 1 is 0.684 bits per heavy atom. The molecule has 2 unspecified atom stereocenters. The molecule has 0 aromatic heterocycles. The molecular weight excluding hydrogens is 268 g/mol. The third kappa shape index (κ3) is 2.85. The van der Waals surface area contributed by atoms with Crippen LogP contribution in [0.15, 0.2) is 48.5 Å². The van der Waals surface area contributed by atoms with E-state index in [-0.39, 0.29) is 0 Å². The Morgan fingerprint density at radius 2 is 1.05 bits per heavy atom. The van der Waals surface area contributed by atoms with E-state index in [0.29, 0.717) is 0 Å². The fourth-order valence-electron chi connectivity index (χ4n) is 2.42. The van der Waals surface area contributed by atoms with Crippen LogP contribution in [0.5, 0.6) is 0 Å². The van der Waals surface area contributed by atoms with Gasteiger partial charge in [-0.25, -0.2) is 0 Å². The zero-order chi connectivity index (χ0) is 12.7. The fraction of sp³-hybridized carbons (Fsp3) is 0.294. The topological polar surface area (TPSA) is 0 Å². The third-order valence-corrected chi connectivity index (χ3v) is 5.66. The minimum atomic E-state index is 0.782. The summed E-state index contributed by atoms with van der Waals surface area (Å²) in [6.07, 6.45) is 1.05. The molecule has 2 aromatic rings. The highest BCUT2D eigenvalue weighted by Gasteiger charge is 2.24. The fourth-order valence-corrected chi connectivity index (χ4v) is 3.69. The van der Waals surface area contributed by atoms with Gasteiger partial charge in [0.05, 0.1) is 0 Å². The molecule has 0 nitrogen and oxygen atoms in total. The maximum absolute atomic E-state index is 2.30. The van der Waals surface area contributed by atoms with Gasteiger partial charge in [0.15, 0.2) is 0 Å². The first-order valence-electron chi connectivity index (χ1n) is 6.79. The van der Waals surface area contributed by atoms with Crippen LogP contribution in [0.4, 0.5) is 0 Å². The van der Waals surface area contributed by atoms with Gasteiger partial charge in [0.1, 0.15) is 0 Å². The molecule has 2 aliphatic rings. The molecule has 0 saturated carbocycles. The van der Waals surface area contributed by atoms with Crippen molar-refractivity contribution in [3.8, 4) is 0 Å². The predicted molar refractivity (Wildman–Crippen MR) is 86.1 cm³/mol. The molecule has 0 amide bonds. The largest absolute Gasteiger partial charge is 0.151 e. The van der Waals surface area contributed by atoms with Crippen LogP contribution in [-0.2, 0) is 6.42 Å². The maximum Gasteiger partial charge on any atom is 0.0388 e. The Morgan fingerprint density at radius 3 is 1.37 bits per heavy atom. The van der Waals surface area contributed by atoms with Crippen LogP contribution < -0.4 is 0 Å². The summed E-state index contributed by atoms with van der Waals surface area (Å²) in [5.74, 6) is 2.61. The highest BCUT2D eigenvalue weighted by Crippen LogP contribution is 2.46. The molecule has 0 bridgehead atoms. The van der Waals surface area contributed by atoms with E-state index in [1.54, 1.807) is 0 Å². The molecule has 2 saturated heterocycles. The predicted octanol–water partition coefficient (Wildman–Crippen LogP) is 4.85. The second-order valence-corrected chi connectivity index (χ2v) is 7.78. The Kier molecular flexibility index (Phi) is 3.08. The molecule has 0 radical (unpaired) electrons. The smallest absolute Gasteiger partial charge is 0.0388 e. The van der Waals surface area contributed by atoms with Gasteiger partial charge in [-0.05, 0) is 28.7 Å². The Bertz CT molecular complexity index is 510. The Hall–Kier alpha value is -0.860. The van der Waals surface area contributed by atoms with E-state index in [1.165, 1.54) is 33.8 Å². The van der Waals surface area contributed by atoms with Gasteiger partial charge >= 0.3 is 0 Å². The Balaban J connectivity index is 1.46. The lowest BCUT2D eigenvalue weighted by molar-refractivity contribution is 1.15. The molecule has 2 heterocycles. The van der Waals surface area contributed by atoms with E-state index in [2.05, 4.69) is 48.5 Å². The van der Waals surface area contributed by atoms with Crippen LogP contribution >= 0.6 is 23.5 Å². The lowest BCUT2D eigenvalue weighted by Crippen LogP contribution is -1.90. The normalized spacial score (nSPS) is 24.2. The molecule has 0 spiro atoms. The van der Waals surface area contributed by atoms with Crippen LogP contribution in [0.25, 0.3) is 0 Å². The molecule has 4 rings (SSSR count). The van der Waals surface area contributed by atoms with Gasteiger partial charge in [0.25, 0.3) is 0 Å². The van der Waals surface area contributed by atoms with Crippen molar-refractivity contribution >= 4 is 23.5 Å². The molecule has 2 fully saturated rings. The first kappa shape index (κ1) is 11.9. The minimum absolute atomic E-state index is 0.782. The van der Waals surface area contributed by atoms with Crippen molar-refractivity contribution in [2.24, 2.45) is 0 Å². The first-order valence-corrected chi connectivity index (χ1v) is 8.89. The van der Waals surface area contributed by atoms with E-state index >= 15 is 0 Å². The zero-order valence-electron chi connectivity index (χ0n) is 10.7. The summed E-state index contributed by atoms with van der Waals surface area (Å²) in [6.45, 7) is 0. The summed E-state index contributed by atoms with van der Waals surface area (Å²) in [5, 5.41) is 1.56. The van der Waals surface area contributed by atoms with E-state index in [4.69, 9.17) is 0 Å². The molecule has 2 aromatic carbocycles. The lowest BCUT2D eigenvalue weighted by Gasteiger charge is -2.05. The second kappa shape index (κ2) is 4.92. The highest BCUT2D eigenvalue weighted by molar-refractivity contribution is 8.06. The van der Waals surface area contributed by atoms with E-state index in [0.717, 1.165) is 16.9 Å². The van der Waals surface area contributed by atoms with Crippen molar-refractivity contribution in [2.45, 2.75) is 16.9 Å². The molecule has 0 N–H and O–H groups in total. The number of hydrogen-bond acceptors (Lipinski definition) is 2. The summed E-state index contributed by atoms with van der Waals surface area (Å²) in [5.41, 5.74) is 5.83. The number of benzene rings is 2. The van der Waals surface area contributed by atoms with Gasteiger partial charge in [-0.3, -0.25) is 0 Å². The first-order chi connectivity index (χ1) is 9.38. The monoisotopic (exact) mass is 284 g/mol. The van der Waals surface area contributed by atoms with Gasteiger partial charge in [0, 0.05) is 22.0 Å². The van der Waals surface area contributed by atoms with Crippen LogP contribution in [0.2, 0.25) is 0 Å². The van der Waals surface area contributed by atoms with Gasteiger partial charge in [0.2, 0.25) is 0 Å². The van der Waals surface area contributed by atoms with Crippen molar-refractivity contribution in [1.29, 1.82) is 0 Å². The van der Waals surface area contributed by atoms with E-state index < -0.39 is 0 Å². The molecule has 96 valence electrons.